The zero-order valence-corrected chi connectivity index (χ0v) is 15.3. The number of halogens is 3. The second-order valence-corrected chi connectivity index (χ2v) is 6.89. The summed E-state index contributed by atoms with van der Waals surface area (Å²) in [4.78, 5) is 26.1. The number of aliphatic imine (C=N–C) groups is 1. The molecular weight excluding hydrogens is 427 g/mol. The van der Waals surface area contributed by atoms with Crippen LogP contribution in [0.15, 0.2) is 56.5 Å². The number of hydrazone groups is 1. The molecule has 4 rings (SSSR count). The lowest BCUT2D eigenvalue weighted by Gasteiger charge is -2.19. The number of carbonyl (C=O) groups excluding carboxylic acids is 1. The molecule has 2 aliphatic rings. The summed E-state index contributed by atoms with van der Waals surface area (Å²) < 4.78 is 44.1. The van der Waals surface area contributed by atoms with Gasteiger partial charge in [0.05, 0.1) is 10.5 Å². The summed E-state index contributed by atoms with van der Waals surface area (Å²) in [5.41, 5.74) is -0.0409. The molecule has 0 aliphatic carbocycles. The van der Waals surface area contributed by atoms with Crippen molar-refractivity contribution in [2.45, 2.75) is 6.18 Å². The van der Waals surface area contributed by atoms with Crippen LogP contribution in [-0.2, 0) is 4.79 Å². The van der Waals surface area contributed by atoms with Gasteiger partial charge in [-0.3, -0.25) is 20.3 Å². The van der Waals surface area contributed by atoms with Crippen LogP contribution in [0.1, 0.15) is 5.76 Å². The number of non-ortho nitro benzene ring substituents is 1. The van der Waals surface area contributed by atoms with E-state index < -0.39 is 27.9 Å². The van der Waals surface area contributed by atoms with E-state index in [9.17, 15) is 28.1 Å². The number of nitrogens with one attached hydrogen (secondary N) is 1. The molecule has 152 valence electrons. The highest BCUT2D eigenvalue weighted by atomic mass is 32.2. The van der Waals surface area contributed by atoms with E-state index in [4.69, 9.17) is 9.83 Å². The van der Waals surface area contributed by atoms with Gasteiger partial charge in [-0.05, 0) is 30.0 Å². The van der Waals surface area contributed by atoms with E-state index in [0.717, 1.165) is 6.08 Å². The fourth-order valence-electron chi connectivity index (χ4n) is 2.61. The summed E-state index contributed by atoms with van der Waals surface area (Å²) in [5.74, 6) is -1.12. The first-order chi connectivity index (χ1) is 14.1. The van der Waals surface area contributed by atoms with Crippen LogP contribution in [0.3, 0.4) is 0 Å². The largest absolute Gasteiger partial charge is 0.457 e. The lowest BCUT2D eigenvalue weighted by molar-refractivity contribution is -0.384. The van der Waals surface area contributed by atoms with Crippen molar-refractivity contribution in [3.8, 4) is 11.3 Å². The number of hydrogen-bond donors (Lipinski definition) is 1. The summed E-state index contributed by atoms with van der Waals surface area (Å²) in [6.07, 6.45) is -3.58. The maximum Gasteiger partial charge on any atom is 0.441 e. The molecule has 9 nitrogen and oxygen atoms in total. The van der Waals surface area contributed by atoms with Crippen molar-refractivity contribution in [1.82, 2.24) is 5.01 Å². The van der Waals surface area contributed by atoms with E-state index in [0.29, 0.717) is 10.6 Å². The van der Waals surface area contributed by atoms with Gasteiger partial charge in [0.15, 0.2) is 5.84 Å². The van der Waals surface area contributed by atoms with E-state index in [1.165, 1.54) is 30.3 Å². The Morgan fingerprint density at radius 1 is 1.27 bits per heavy atom. The van der Waals surface area contributed by atoms with Crippen molar-refractivity contribution in [1.29, 1.82) is 5.41 Å². The van der Waals surface area contributed by atoms with Crippen molar-refractivity contribution in [3.63, 3.8) is 0 Å². The zero-order valence-electron chi connectivity index (χ0n) is 14.5. The van der Waals surface area contributed by atoms with Crippen LogP contribution in [0.25, 0.3) is 17.4 Å². The average molecular weight is 435 g/mol. The average Bonchev–Trinajstić information content (AvgIpc) is 3.32. The van der Waals surface area contributed by atoms with Gasteiger partial charge in [0.2, 0.25) is 10.2 Å². The molecule has 13 heteroatoms. The predicted molar refractivity (Wildman–Crippen MR) is 102 cm³/mol. The topological polar surface area (TPSA) is 125 Å². The molecular formula is C17H8F3N5O4S. The highest BCUT2D eigenvalue weighted by Gasteiger charge is 2.46. The minimum atomic E-state index is -4.73. The van der Waals surface area contributed by atoms with Crippen molar-refractivity contribution < 1.29 is 27.3 Å². The Balaban J connectivity index is 1.64. The van der Waals surface area contributed by atoms with E-state index >= 15 is 0 Å². The Morgan fingerprint density at radius 3 is 2.73 bits per heavy atom. The SMILES string of the molecule is N=C1/C(=C/c2ccc(-c3cccc([N+](=O)[O-])c3)o2)C(=O)N=C2SC(C(F)(F)F)=NN12. The Labute approximate surface area is 169 Å². The number of nitrogens with zero attached hydrogens (tertiary/aromatic N) is 4. The predicted octanol–water partition coefficient (Wildman–Crippen LogP) is 4.04. The van der Waals surface area contributed by atoms with Gasteiger partial charge >= 0.3 is 6.18 Å². The molecule has 1 N–H and O–H groups in total. The number of alkyl halides is 3. The summed E-state index contributed by atoms with van der Waals surface area (Å²) in [6.45, 7) is 0. The molecule has 1 aromatic heterocycles. The van der Waals surface area contributed by atoms with Crippen LogP contribution in [0.2, 0.25) is 0 Å². The molecule has 1 aromatic carbocycles. The minimum Gasteiger partial charge on any atom is -0.457 e. The minimum absolute atomic E-state index is 0.107. The molecule has 0 radical (unpaired) electrons. The van der Waals surface area contributed by atoms with Gasteiger partial charge in [-0.1, -0.05) is 12.1 Å². The third-order valence-electron chi connectivity index (χ3n) is 3.95. The van der Waals surface area contributed by atoms with Crippen LogP contribution >= 0.6 is 11.8 Å². The number of amidine groups is 2. The second kappa shape index (κ2) is 6.95. The smallest absolute Gasteiger partial charge is 0.441 e. The van der Waals surface area contributed by atoms with Crippen molar-refractivity contribution in [2.75, 3.05) is 0 Å². The summed E-state index contributed by atoms with van der Waals surface area (Å²) >= 11 is 0.156. The first-order valence-electron chi connectivity index (χ1n) is 8.05. The number of furan rings is 1. The van der Waals surface area contributed by atoms with Crippen molar-refractivity contribution in [3.05, 3.63) is 57.8 Å². The molecule has 0 fully saturated rings. The number of rotatable bonds is 3. The molecule has 0 saturated heterocycles. The first-order valence-corrected chi connectivity index (χ1v) is 8.87. The fraction of sp³-hybridized carbons (Fsp3) is 0.0588. The fourth-order valence-corrected chi connectivity index (χ4v) is 3.37. The lowest BCUT2D eigenvalue weighted by atomic mass is 10.1. The van der Waals surface area contributed by atoms with Gasteiger partial charge in [0.1, 0.15) is 11.5 Å². The number of carbonyl (C=O) groups is 1. The number of thioether (sulfide) groups is 1. The summed E-state index contributed by atoms with van der Waals surface area (Å²) in [7, 11) is 0. The second-order valence-electron chi connectivity index (χ2n) is 5.93. The Morgan fingerprint density at radius 2 is 2.03 bits per heavy atom. The molecule has 0 bridgehead atoms. The number of amides is 1. The number of nitro groups is 1. The van der Waals surface area contributed by atoms with Gasteiger partial charge in [-0.15, -0.1) is 0 Å². The molecule has 0 spiro atoms. The normalized spacial score (nSPS) is 17.8. The Hall–Kier alpha value is -3.74. The van der Waals surface area contributed by atoms with Crippen molar-refractivity contribution >= 4 is 45.5 Å². The van der Waals surface area contributed by atoms with Crippen LogP contribution in [-0.4, -0.2) is 38.1 Å². The number of nitro benzene ring substituents is 1. The van der Waals surface area contributed by atoms with Gasteiger partial charge in [0.25, 0.3) is 11.6 Å². The standard InChI is InChI=1S/C17H8F3N5O4S/c18-17(19,20)15-23-24-13(21)11(14(26)22-16(24)30-15)7-10-4-5-12(29-10)8-2-1-3-9(6-8)25(27)28/h1-7,21H/b11-7-,21-13?. The van der Waals surface area contributed by atoms with Crippen LogP contribution < -0.4 is 0 Å². The summed E-state index contributed by atoms with van der Waals surface area (Å²) in [6, 6.07) is 8.63. The van der Waals surface area contributed by atoms with Crippen LogP contribution in [0.5, 0.6) is 0 Å². The molecule has 0 atom stereocenters. The highest BCUT2D eigenvalue weighted by molar-refractivity contribution is 8.27. The Kier molecular flexibility index (Phi) is 4.53. The summed E-state index contributed by atoms with van der Waals surface area (Å²) in [5, 5.41) is 21.3. The van der Waals surface area contributed by atoms with Gasteiger partial charge in [-0.2, -0.15) is 28.3 Å². The number of fused-ring (bicyclic) bond motifs is 1. The molecule has 0 unspecified atom stereocenters. The third-order valence-corrected chi connectivity index (χ3v) is 4.91. The zero-order chi connectivity index (χ0) is 21.6. The van der Waals surface area contributed by atoms with Gasteiger partial charge in [-0.25, -0.2) is 0 Å². The quantitative estimate of drug-likeness (QED) is 0.441. The van der Waals surface area contributed by atoms with E-state index in [2.05, 4.69) is 10.1 Å². The van der Waals surface area contributed by atoms with Crippen LogP contribution in [0, 0.1) is 15.5 Å². The molecule has 0 saturated carbocycles. The maximum atomic E-state index is 12.9. The van der Waals surface area contributed by atoms with Gasteiger partial charge < -0.3 is 4.42 Å². The molecule has 1 amide bonds. The van der Waals surface area contributed by atoms with E-state index in [1.54, 1.807) is 6.07 Å². The first kappa shape index (κ1) is 19.6. The monoisotopic (exact) mass is 435 g/mol. The molecule has 2 aromatic rings. The lowest BCUT2D eigenvalue weighted by Crippen LogP contribution is -2.35. The van der Waals surface area contributed by atoms with E-state index in [-0.39, 0.29) is 39.7 Å². The molecule has 3 heterocycles. The van der Waals surface area contributed by atoms with Crippen molar-refractivity contribution in [2.24, 2.45) is 10.1 Å². The van der Waals surface area contributed by atoms with Gasteiger partial charge in [0, 0.05) is 17.7 Å². The molecule has 30 heavy (non-hydrogen) atoms. The number of hydrogen-bond acceptors (Lipinski definition) is 7. The maximum absolute atomic E-state index is 12.9. The third kappa shape index (κ3) is 3.50. The number of benzene rings is 1. The molecule has 2 aliphatic heterocycles. The van der Waals surface area contributed by atoms with E-state index in [1.807, 2.05) is 0 Å². The Bertz CT molecular complexity index is 1200. The van der Waals surface area contributed by atoms with Crippen LogP contribution in [0.4, 0.5) is 18.9 Å². The highest BCUT2D eigenvalue weighted by Crippen LogP contribution is 2.35.